The van der Waals surface area contributed by atoms with Gasteiger partial charge in [0.15, 0.2) is 0 Å². The highest BCUT2D eigenvalue weighted by Crippen LogP contribution is 2.28. The standard InChI is InChI=1S/C16H17N3O5S/c20-12(18-16(14(22)23)6-8-25-9-16)5-7-19-11-4-2-1-3-10(11)13(21)17-15(19)24/h1-4H,5-9H2,(H,18,20)(H,22,23)(H,17,21,24). The number of hydrogen-bond donors (Lipinski definition) is 3. The van der Waals surface area contributed by atoms with Gasteiger partial charge >= 0.3 is 11.7 Å². The summed E-state index contributed by atoms with van der Waals surface area (Å²) in [5.74, 6) is -0.476. The van der Waals surface area contributed by atoms with Crippen molar-refractivity contribution in [3.05, 3.63) is 45.1 Å². The molecule has 1 aliphatic heterocycles. The highest BCUT2D eigenvalue weighted by molar-refractivity contribution is 7.99. The van der Waals surface area contributed by atoms with E-state index in [1.807, 2.05) is 0 Å². The molecular weight excluding hydrogens is 346 g/mol. The van der Waals surface area contributed by atoms with Gasteiger partial charge in [-0.1, -0.05) is 12.1 Å². The predicted octanol–water partition coefficient (Wildman–Crippen LogP) is 0.156. The van der Waals surface area contributed by atoms with E-state index in [0.717, 1.165) is 0 Å². The van der Waals surface area contributed by atoms with E-state index in [1.165, 1.54) is 16.3 Å². The molecule has 1 saturated heterocycles. The van der Waals surface area contributed by atoms with Crippen LogP contribution in [0, 0.1) is 0 Å². The number of benzene rings is 1. The number of aliphatic carboxylic acids is 1. The summed E-state index contributed by atoms with van der Waals surface area (Å²) < 4.78 is 1.31. The smallest absolute Gasteiger partial charge is 0.330 e. The average molecular weight is 363 g/mol. The summed E-state index contributed by atoms with van der Waals surface area (Å²) in [6.45, 7) is 0.0464. The van der Waals surface area contributed by atoms with Gasteiger partial charge in [0.1, 0.15) is 5.54 Å². The number of carbonyl (C=O) groups excluding carboxylic acids is 1. The Hall–Kier alpha value is -2.55. The third-order valence-corrected chi connectivity index (χ3v) is 5.47. The number of fused-ring (bicyclic) bond motifs is 1. The van der Waals surface area contributed by atoms with E-state index in [4.69, 9.17) is 0 Å². The van der Waals surface area contributed by atoms with Crippen molar-refractivity contribution >= 4 is 34.5 Å². The number of H-pyrrole nitrogens is 1. The van der Waals surface area contributed by atoms with Crippen LogP contribution in [0.25, 0.3) is 10.9 Å². The lowest BCUT2D eigenvalue weighted by atomic mass is 9.99. The molecule has 1 aromatic heterocycles. The highest BCUT2D eigenvalue weighted by atomic mass is 32.2. The maximum atomic E-state index is 12.2. The summed E-state index contributed by atoms with van der Waals surface area (Å²) in [6.07, 6.45) is 0.315. The fraction of sp³-hybridized carbons (Fsp3) is 0.375. The molecule has 3 rings (SSSR count). The Bertz CT molecular complexity index is 943. The lowest BCUT2D eigenvalue weighted by Crippen LogP contribution is -2.55. The van der Waals surface area contributed by atoms with Crippen LogP contribution in [0.4, 0.5) is 0 Å². The zero-order valence-electron chi connectivity index (χ0n) is 13.3. The summed E-state index contributed by atoms with van der Waals surface area (Å²) in [5.41, 5.74) is -1.87. The number of nitrogens with zero attached hydrogens (tertiary/aromatic N) is 1. The second-order valence-electron chi connectivity index (χ2n) is 5.92. The van der Waals surface area contributed by atoms with Gasteiger partial charge in [-0.05, 0) is 24.3 Å². The Morgan fingerprint density at radius 1 is 1.32 bits per heavy atom. The van der Waals surface area contributed by atoms with Crippen molar-refractivity contribution < 1.29 is 14.7 Å². The number of carboxylic acids is 1. The fourth-order valence-corrected chi connectivity index (χ4v) is 4.22. The number of aromatic amines is 1. The van der Waals surface area contributed by atoms with Crippen LogP contribution in [0.15, 0.2) is 33.9 Å². The molecule has 2 heterocycles. The van der Waals surface area contributed by atoms with Gasteiger partial charge in [0.25, 0.3) is 5.56 Å². The van der Waals surface area contributed by atoms with Gasteiger partial charge < -0.3 is 10.4 Å². The molecule has 2 aromatic rings. The van der Waals surface area contributed by atoms with E-state index in [-0.39, 0.29) is 13.0 Å². The molecule has 9 heteroatoms. The van der Waals surface area contributed by atoms with Crippen LogP contribution in [-0.4, -0.2) is 43.6 Å². The molecule has 3 N–H and O–H groups in total. The first-order chi connectivity index (χ1) is 11.9. The van der Waals surface area contributed by atoms with E-state index < -0.39 is 28.7 Å². The number of rotatable bonds is 5. The van der Waals surface area contributed by atoms with Crippen LogP contribution < -0.4 is 16.6 Å². The van der Waals surface area contributed by atoms with Crippen LogP contribution in [0.2, 0.25) is 0 Å². The summed E-state index contributed by atoms with van der Waals surface area (Å²) in [5, 5.41) is 12.3. The minimum atomic E-state index is -1.24. The van der Waals surface area contributed by atoms with Gasteiger partial charge in [-0.2, -0.15) is 11.8 Å². The van der Waals surface area contributed by atoms with Crippen LogP contribution >= 0.6 is 11.8 Å². The molecule has 0 bridgehead atoms. The Labute approximate surface area is 146 Å². The first kappa shape index (κ1) is 17.3. The number of aromatic nitrogens is 2. The maximum absolute atomic E-state index is 12.2. The second kappa shape index (κ2) is 6.75. The number of carbonyl (C=O) groups is 2. The molecule has 1 fully saturated rings. The molecule has 0 saturated carbocycles. The van der Waals surface area contributed by atoms with Crippen molar-refractivity contribution in [2.75, 3.05) is 11.5 Å². The fourth-order valence-electron chi connectivity index (χ4n) is 2.89. The summed E-state index contributed by atoms with van der Waals surface area (Å²) in [4.78, 5) is 49.8. The largest absolute Gasteiger partial charge is 0.479 e. The Balaban J connectivity index is 1.79. The molecule has 132 valence electrons. The first-order valence-corrected chi connectivity index (χ1v) is 8.92. The topological polar surface area (TPSA) is 121 Å². The van der Waals surface area contributed by atoms with Crippen LogP contribution in [0.3, 0.4) is 0 Å². The normalized spacial score (nSPS) is 19.8. The monoisotopic (exact) mass is 363 g/mol. The molecule has 0 radical (unpaired) electrons. The van der Waals surface area contributed by atoms with Gasteiger partial charge in [0, 0.05) is 18.7 Å². The van der Waals surface area contributed by atoms with Crippen molar-refractivity contribution in [1.82, 2.24) is 14.9 Å². The molecule has 0 spiro atoms. The number of para-hydroxylation sites is 1. The average Bonchev–Trinajstić information content (AvgIpc) is 3.04. The number of hydrogen-bond acceptors (Lipinski definition) is 5. The van der Waals surface area contributed by atoms with Crippen molar-refractivity contribution in [3.63, 3.8) is 0 Å². The third-order valence-electron chi connectivity index (χ3n) is 4.28. The second-order valence-corrected chi connectivity index (χ2v) is 7.02. The molecule has 1 aliphatic rings. The maximum Gasteiger partial charge on any atom is 0.330 e. The predicted molar refractivity (Wildman–Crippen MR) is 93.9 cm³/mol. The van der Waals surface area contributed by atoms with Gasteiger partial charge in [0.2, 0.25) is 5.91 Å². The van der Waals surface area contributed by atoms with Gasteiger partial charge in [-0.15, -0.1) is 0 Å². The van der Waals surface area contributed by atoms with E-state index in [1.54, 1.807) is 24.3 Å². The van der Waals surface area contributed by atoms with Crippen molar-refractivity contribution in [2.45, 2.75) is 24.9 Å². The Kier molecular flexibility index (Phi) is 4.67. The number of aryl methyl sites for hydroxylation is 1. The van der Waals surface area contributed by atoms with Gasteiger partial charge in [-0.25, -0.2) is 9.59 Å². The molecule has 0 aliphatic carbocycles. The van der Waals surface area contributed by atoms with Crippen molar-refractivity contribution in [2.24, 2.45) is 0 Å². The SMILES string of the molecule is O=C(CCn1c(=O)[nH]c(=O)c2ccccc21)NC1(C(=O)O)CCSC1. The number of carboxylic acid groups (broad SMARTS) is 1. The summed E-state index contributed by atoms with van der Waals surface area (Å²) in [6, 6.07) is 6.62. The lowest BCUT2D eigenvalue weighted by molar-refractivity contribution is -0.146. The number of thioether (sulfide) groups is 1. The lowest BCUT2D eigenvalue weighted by Gasteiger charge is -2.24. The molecule has 25 heavy (non-hydrogen) atoms. The molecular formula is C16H17N3O5S. The van der Waals surface area contributed by atoms with Crippen LogP contribution in [0.1, 0.15) is 12.8 Å². The highest BCUT2D eigenvalue weighted by Gasteiger charge is 2.43. The molecule has 1 unspecified atom stereocenters. The van der Waals surface area contributed by atoms with Gasteiger partial charge in [-0.3, -0.25) is 19.1 Å². The van der Waals surface area contributed by atoms with E-state index in [2.05, 4.69) is 10.3 Å². The Morgan fingerprint density at radius 3 is 2.76 bits per heavy atom. The molecule has 1 aromatic carbocycles. The van der Waals surface area contributed by atoms with E-state index in [0.29, 0.717) is 28.8 Å². The summed E-state index contributed by atoms with van der Waals surface area (Å²) >= 11 is 1.48. The van der Waals surface area contributed by atoms with Crippen molar-refractivity contribution in [3.8, 4) is 0 Å². The quantitative estimate of drug-likeness (QED) is 0.696. The zero-order chi connectivity index (χ0) is 18.0. The van der Waals surface area contributed by atoms with Crippen LogP contribution in [0.5, 0.6) is 0 Å². The first-order valence-electron chi connectivity index (χ1n) is 7.77. The van der Waals surface area contributed by atoms with E-state index in [9.17, 15) is 24.3 Å². The van der Waals surface area contributed by atoms with Crippen LogP contribution in [-0.2, 0) is 16.1 Å². The minimum Gasteiger partial charge on any atom is -0.479 e. The van der Waals surface area contributed by atoms with E-state index >= 15 is 0 Å². The molecule has 8 nitrogen and oxygen atoms in total. The number of amides is 1. The summed E-state index contributed by atoms with van der Waals surface area (Å²) in [7, 11) is 0. The minimum absolute atomic E-state index is 0.0464. The molecule has 1 amide bonds. The Morgan fingerprint density at radius 2 is 2.08 bits per heavy atom. The number of nitrogens with one attached hydrogen (secondary N) is 2. The van der Waals surface area contributed by atoms with Crippen molar-refractivity contribution in [1.29, 1.82) is 0 Å². The molecule has 1 atom stereocenters. The third kappa shape index (κ3) is 3.32. The van der Waals surface area contributed by atoms with Gasteiger partial charge in [0.05, 0.1) is 10.9 Å². The zero-order valence-corrected chi connectivity index (χ0v) is 14.1.